The lowest BCUT2D eigenvalue weighted by Crippen LogP contribution is -2.40. The molecule has 0 saturated carbocycles. The largest absolute Gasteiger partial charge is 0.374 e. The minimum absolute atomic E-state index is 0.232. The van der Waals surface area contributed by atoms with E-state index < -0.39 is 0 Å². The maximum absolute atomic E-state index is 12.6. The predicted molar refractivity (Wildman–Crippen MR) is 110 cm³/mol. The summed E-state index contributed by atoms with van der Waals surface area (Å²) in [5, 5.41) is 5.96. The van der Waals surface area contributed by atoms with Crippen LogP contribution >= 0.6 is 22.9 Å². The van der Waals surface area contributed by atoms with E-state index in [1.165, 1.54) is 11.3 Å². The van der Waals surface area contributed by atoms with E-state index in [0.717, 1.165) is 16.0 Å². The molecule has 27 heavy (non-hydrogen) atoms. The normalized spacial score (nSPS) is 12.0. The van der Waals surface area contributed by atoms with Crippen molar-refractivity contribution in [3.63, 3.8) is 0 Å². The summed E-state index contributed by atoms with van der Waals surface area (Å²) in [6, 6.07) is 23.0. The molecule has 2 N–H and O–H groups in total. The Labute approximate surface area is 168 Å². The number of nitrogens with one attached hydrogen (secondary N) is 2. The summed E-state index contributed by atoms with van der Waals surface area (Å²) in [6.45, 7) is 0.357. The highest BCUT2D eigenvalue weighted by Crippen LogP contribution is 2.28. The Balaban J connectivity index is 1.68. The van der Waals surface area contributed by atoms with Gasteiger partial charge in [0, 0.05) is 12.0 Å². The zero-order valence-corrected chi connectivity index (χ0v) is 16.5. The molecule has 3 aromatic rings. The molecule has 1 heterocycles. The van der Waals surface area contributed by atoms with Gasteiger partial charge >= 0.3 is 6.03 Å². The fourth-order valence-electron chi connectivity index (χ4n) is 2.82. The molecular weight excluding hydrogens is 380 g/mol. The molecule has 0 aliphatic rings. The van der Waals surface area contributed by atoms with Crippen LogP contribution in [0.15, 0.2) is 72.8 Å². The quantitative estimate of drug-likeness (QED) is 0.574. The van der Waals surface area contributed by atoms with Crippen LogP contribution in [0, 0.1) is 0 Å². The van der Waals surface area contributed by atoms with Gasteiger partial charge in [-0.25, -0.2) is 4.79 Å². The fraction of sp³-hybridized carbons (Fsp3) is 0.190. The molecule has 0 fully saturated rings. The summed E-state index contributed by atoms with van der Waals surface area (Å²) in [5.41, 5.74) is 2.04. The molecule has 0 radical (unpaired) electrons. The second kappa shape index (κ2) is 9.55. The van der Waals surface area contributed by atoms with E-state index >= 15 is 0 Å². The zero-order chi connectivity index (χ0) is 19.1. The molecular formula is C21H21ClN2O2S. The number of benzene rings is 2. The summed E-state index contributed by atoms with van der Waals surface area (Å²) in [5.74, 6) is 0. The van der Waals surface area contributed by atoms with E-state index in [1.807, 2.05) is 72.8 Å². The number of rotatable bonds is 7. The van der Waals surface area contributed by atoms with Crippen molar-refractivity contribution in [3.8, 4) is 0 Å². The third-order valence-corrected chi connectivity index (χ3v) is 5.51. The lowest BCUT2D eigenvalue weighted by Gasteiger charge is -2.21. The second-order valence-corrected chi connectivity index (χ2v) is 7.72. The first-order chi connectivity index (χ1) is 13.2. The first-order valence-corrected chi connectivity index (χ1v) is 9.79. The van der Waals surface area contributed by atoms with Crippen molar-refractivity contribution in [3.05, 3.63) is 93.1 Å². The first kappa shape index (κ1) is 19.4. The molecule has 0 saturated heterocycles. The molecule has 0 spiro atoms. The van der Waals surface area contributed by atoms with Crippen LogP contribution in [0.4, 0.5) is 4.79 Å². The molecule has 1 unspecified atom stereocenters. The number of carbonyl (C=O) groups is 1. The van der Waals surface area contributed by atoms with Gasteiger partial charge in [-0.1, -0.05) is 72.3 Å². The van der Waals surface area contributed by atoms with Crippen LogP contribution < -0.4 is 10.6 Å². The number of halogens is 1. The fourth-order valence-corrected chi connectivity index (χ4v) is 3.96. The van der Waals surface area contributed by atoms with E-state index in [9.17, 15) is 4.79 Å². The molecule has 2 amide bonds. The van der Waals surface area contributed by atoms with Crippen molar-refractivity contribution in [1.82, 2.24) is 10.6 Å². The van der Waals surface area contributed by atoms with Gasteiger partial charge in [0.25, 0.3) is 0 Å². The van der Waals surface area contributed by atoms with Gasteiger partial charge in [0.2, 0.25) is 0 Å². The van der Waals surface area contributed by atoms with Crippen molar-refractivity contribution in [2.24, 2.45) is 0 Å². The number of amides is 2. The molecule has 1 aromatic heterocycles. The monoisotopic (exact) mass is 400 g/mol. The Morgan fingerprint density at radius 2 is 1.59 bits per heavy atom. The Bertz CT molecular complexity index is 815. The van der Waals surface area contributed by atoms with E-state index in [1.54, 1.807) is 7.11 Å². The minimum Gasteiger partial charge on any atom is -0.374 e. The topological polar surface area (TPSA) is 50.4 Å². The standard InChI is InChI=1S/C21H21ClN2O2S/c1-26-17(18-12-13-19(22)27-18)14-23-21(25)24-20(15-8-4-2-5-9-15)16-10-6-3-7-11-16/h2-13,17,20H,14H2,1H3,(H2,23,24,25). The van der Waals surface area contributed by atoms with Gasteiger partial charge in [-0.3, -0.25) is 0 Å². The second-order valence-electron chi connectivity index (χ2n) is 5.97. The zero-order valence-electron chi connectivity index (χ0n) is 14.9. The number of carbonyl (C=O) groups excluding carboxylic acids is 1. The highest BCUT2D eigenvalue weighted by molar-refractivity contribution is 7.16. The van der Waals surface area contributed by atoms with Gasteiger partial charge in [-0.2, -0.15) is 0 Å². The van der Waals surface area contributed by atoms with Gasteiger partial charge in [-0.15, -0.1) is 11.3 Å². The molecule has 3 rings (SSSR count). The van der Waals surface area contributed by atoms with E-state index in [4.69, 9.17) is 16.3 Å². The third kappa shape index (κ3) is 5.32. The number of methoxy groups -OCH3 is 1. The number of ether oxygens (including phenoxy) is 1. The number of hydrogen-bond acceptors (Lipinski definition) is 3. The predicted octanol–water partition coefficient (Wildman–Crippen LogP) is 5.18. The molecule has 1 atom stereocenters. The van der Waals surface area contributed by atoms with Gasteiger partial charge < -0.3 is 15.4 Å². The van der Waals surface area contributed by atoms with Crippen LogP contribution in [0.25, 0.3) is 0 Å². The molecule has 0 aliphatic carbocycles. The molecule has 6 heteroatoms. The van der Waals surface area contributed by atoms with E-state index in [2.05, 4.69) is 10.6 Å². The Kier molecular flexibility index (Phi) is 6.87. The lowest BCUT2D eigenvalue weighted by atomic mass is 9.99. The van der Waals surface area contributed by atoms with Crippen molar-refractivity contribution in [1.29, 1.82) is 0 Å². The van der Waals surface area contributed by atoms with E-state index in [0.29, 0.717) is 10.9 Å². The average Bonchev–Trinajstić information content (AvgIpc) is 3.14. The maximum Gasteiger partial charge on any atom is 0.315 e. The van der Waals surface area contributed by atoms with Gasteiger partial charge in [0.05, 0.1) is 16.9 Å². The van der Waals surface area contributed by atoms with Gasteiger partial charge in [-0.05, 0) is 23.3 Å². The van der Waals surface area contributed by atoms with Crippen LogP contribution in [-0.4, -0.2) is 19.7 Å². The van der Waals surface area contributed by atoms with Crippen LogP contribution in [0.3, 0.4) is 0 Å². The maximum atomic E-state index is 12.6. The summed E-state index contributed by atoms with van der Waals surface area (Å²) < 4.78 is 6.18. The summed E-state index contributed by atoms with van der Waals surface area (Å²) in [6.07, 6.45) is -0.236. The highest BCUT2D eigenvalue weighted by Gasteiger charge is 2.18. The first-order valence-electron chi connectivity index (χ1n) is 8.59. The van der Waals surface area contributed by atoms with Crippen molar-refractivity contribution < 1.29 is 9.53 Å². The van der Waals surface area contributed by atoms with Crippen LogP contribution in [0.1, 0.15) is 28.1 Å². The van der Waals surface area contributed by atoms with E-state index in [-0.39, 0.29) is 18.2 Å². The van der Waals surface area contributed by atoms with Crippen molar-refractivity contribution in [2.75, 3.05) is 13.7 Å². The highest BCUT2D eigenvalue weighted by atomic mass is 35.5. The SMILES string of the molecule is COC(CNC(=O)NC(c1ccccc1)c1ccccc1)c1ccc(Cl)s1. The minimum atomic E-state index is -0.252. The summed E-state index contributed by atoms with van der Waals surface area (Å²) >= 11 is 7.44. The number of urea groups is 1. The Morgan fingerprint density at radius 1 is 1.00 bits per heavy atom. The average molecular weight is 401 g/mol. The third-order valence-electron chi connectivity index (χ3n) is 4.19. The van der Waals surface area contributed by atoms with Crippen LogP contribution in [-0.2, 0) is 4.74 Å². The molecule has 0 aliphatic heterocycles. The van der Waals surface area contributed by atoms with Crippen LogP contribution in [0.5, 0.6) is 0 Å². The Hall–Kier alpha value is -2.34. The number of thiophene rings is 1. The lowest BCUT2D eigenvalue weighted by molar-refractivity contribution is 0.106. The molecule has 4 nitrogen and oxygen atoms in total. The smallest absolute Gasteiger partial charge is 0.315 e. The number of hydrogen-bond donors (Lipinski definition) is 2. The van der Waals surface area contributed by atoms with Crippen LogP contribution in [0.2, 0.25) is 4.34 Å². The van der Waals surface area contributed by atoms with Crippen molar-refractivity contribution in [2.45, 2.75) is 12.1 Å². The molecule has 140 valence electrons. The summed E-state index contributed by atoms with van der Waals surface area (Å²) in [4.78, 5) is 13.5. The molecule has 2 aromatic carbocycles. The van der Waals surface area contributed by atoms with Gasteiger partial charge in [0.1, 0.15) is 6.10 Å². The molecule has 0 bridgehead atoms. The summed E-state index contributed by atoms with van der Waals surface area (Å²) in [7, 11) is 1.62. The van der Waals surface area contributed by atoms with Gasteiger partial charge in [0.15, 0.2) is 0 Å². The Morgan fingerprint density at radius 3 is 2.07 bits per heavy atom. The van der Waals surface area contributed by atoms with Crippen molar-refractivity contribution >= 4 is 29.0 Å².